The molecule has 0 heterocycles. The standard InChI is InChI=1S/C6H15NO3S/c8-4-1-7(11,2-5-9)3-6-10/h8-10H,1-6H2. The Bertz CT molecular complexity index is 84.8. The third kappa shape index (κ3) is 4.60. The van der Waals surface area contributed by atoms with E-state index >= 15 is 0 Å². The van der Waals surface area contributed by atoms with Crippen molar-refractivity contribution in [3.63, 3.8) is 0 Å². The van der Waals surface area contributed by atoms with Gasteiger partial charge in [-0.25, -0.2) is 0 Å². The van der Waals surface area contributed by atoms with E-state index in [0.29, 0.717) is 19.6 Å². The summed E-state index contributed by atoms with van der Waals surface area (Å²) in [4.78, 5) is 0. The fraction of sp³-hybridized carbons (Fsp3) is 1.00. The van der Waals surface area contributed by atoms with Gasteiger partial charge in [0, 0.05) is 0 Å². The molecule has 0 atom stereocenters. The second kappa shape index (κ2) is 5.79. The van der Waals surface area contributed by atoms with Gasteiger partial charge in [-0.1, -0.05) is 0 Å². The summed E-state index contributed by atoms with van der Waals surface area (Å²) in [5, 5.41) is 25.8. The van der Waals surface area contributed by atoms with Crippen LogP contribution in [0.3, 0.4) is 0 Å². The molecule has 0 aliphatic carbocycles. The molecular formula is C6H15NO3S. The topological polar surface area (TPSA) is 60.7 Å². The molecule has 4 nitrogen and oxygen atoms in total. The van der Waals surface area contributed by atoms with Gasteiger partial charge in [-0.05, 0) is 0 Å². The Morgan fingerprint density at radius 1 is 0.818 bits per heavy atom. The molecule has 0 spiro atoms. The molecule has 0 fully saturated rings. The summed E-state index contributed by atoms with van der Waals surface area (Å²) in [6.45, 7) is 1.17. The van der Waals surface area contributed by atoms with Crippen molar-refractivity contribution in [2.75, 3.05) is 39.5 Å². The van der Waals surface area contributed by atoms with Crippen molar-refractivity contribution in [2.24, 2.45) is 0 Å². The minimum absolute atomic E-state index is 0.0104. The first-order valence-electron chi connectivity index (χ1n) is 3.58. The highest BCUT2D eigenvalue weighted by Crippen LogP contribution is 2.00. The number of aliphatic hydroxyl groups is 3. The molecule has 0 saturated heterocycles. The predicted octanol–water partition coefficient (Wildman–Crippen LogP) is -1.76. The van der Waals surface area contributed by atoms with E-state index in [9.17, 15) is 0 Å². The van der Waals surface area contributed by atoms with Gasteiger partial charge in [0.15, 0.2) is 0 Å². The number of rotatable bonds is 6. The molecule has 0 rings (SSSR count). The van der Waals surface area contributed by atoms with Crippen LogP contribution in [-0.2, 0) is 12.8 Å². The predicted molar refractivity (Wildman–Crippen MR) is 43.5 cm³/mol. The summed E-state index contributed by atoms with van der Waals surface area (Å²) < 4.78 is 0.115. The molecule has 0 bridgehead atoms. The van der Waals surface area contributed by atoms with Gasteiger partial charge in [0.05, 0.1) is 39.5 Å². The van der Waals surface area contributed by atoms with Crippen LogP contribution in [-0.4, -0.2) is 58.7 Å². The van der Waals surface area contributed by atoms with Crippen LogP contribution in [0.1, 0.15) is 0 Å². The van der Waals surface area contributed by atoms with Gasteiger partial charge in [-0.3, -0.25) is 0 Å². The quantitative estimate of drug-likeness (QED) is 0.336. The van der Waals surface area contributed by atoms with Crippen LogP contribution >= 0.6 is 0 Å². The highest BCUT2D eigenvalue weighted by atomic mass is 32.1. The van der Waals surface area contributed by atoms with E-state index < -0.39 is 0 Å². The van der Waals surface area contributed by atoms with Crippen LogP contribution in [0, 0.1) is 0 Å². The third-order valence-electron chi connectivity index (χ3n) is 1.52. The van der Waals surface area contributed by atoms with Crippen LogP contribution in [0.2, 0.25) is 0 Å². The molecule has 0 aromatic rings. The van der Waals surface area contributed by atoms with Crippen molar-refractivity contribution in [3.8, 4) is 0 Å². The number of aliphatic hydroxyl groups excluding tert-OH is 3. The van der Waals surface area contributed by atoms with E-state index in [4.69, 9.17) is 28.1 Å². The van der Waals surface area contributed by atoms with Gasteiger partial charge < -0.3 is 32.0 Å². The Balaban J connectivity index is 3.79. The SMILES string of the molecule is OCC[N+]([S-])(CCO)CCO. The van der Waals surface area contributed by atoms with Crippen molar-refractivity contribution >= 4 is 12.8 Å². The minimum Gasteiger partial charge on any atom is -0.494 e. The van der Waals surface area contributed by atoms with Gasteiger partial charge in [-0.15, -0.1) is 0 Å². The second-order valence-electron chi connectivity index (χ2n) is 2.40. The normalized spacial score (nSPS) is 12.0. The fourth-order valence-corrected chi connectivity index (χ4v) is 1.13. The molecule has 0 saturated carbocycles. The lowest BCUT2D eigenvalue weighted by molar-refractivity contribution is -0.796. The summed E-state index contributed by atoms with van der Waals surface area (Å²) in [6.07, 6.45) is 0. The molecule has 0 aromatic heterocycles. The zero-order valence-corrected chi connectivity index (χ0v) is 7.26. The number of hydrogen-bond acceptors (Lipinski definition) is 4. The van der Waals surface area contributed by atoms with Crippen molar-refractivity contribution in [1.82, 2.24) is 0 Å². The first-order valence-corrected chi connectivity index (χ1v) is 3.95. The maximum absolute atomic E-state index is 8.61. The number of nitrogens with zero attached hydrogens (tertiary/aromatic N) is 1. The average molecular weight is 181 g/mol. The van der Waals surface area contributed by atoms with Crippen molar-refractivity contribution in [3.05, 3.63) is 0 Å². The van der Waals surface area contributed by atoms with E-state index in [-0.39, 0.29) is 23.7 Å². The Hall–Kier alpha value is 0.190. The average Bonchev–Trinajstić information content (AvgIpc) is 1.88. The summed E-state index contributed by atoms with van der Waals surface area (Å²) >= 11 is 5.06. The molecule has 0 unspecified atom stereocenters. The van der Waals surface area contributed by atoms with Crippen LogP contribution in [0.4, 0.5) is 0 Å². The van der Waals surface area contributed by atoms with Crippen LogP contribution in [0.25, 0.3) is 0 Å². The zero-order valence-electron chi connectivity index (χ0n) is 6.44. The summed E-state index contributed by atoms with van der Waals surface area (Å²) in [6, 6.07) is 0. The lowest BCUT2D eigenvalue weighted by atomic mass is 10.4. The molecule has 0 aliphatic rings. The van der Waals surface area contributed by atoms with Crippen LogP contribution in [0.5, 0.6) is 0 Å². The molecule has 11 heavy (non-hydrogen) atoms. The Labute approximate surface area is 72.2 Å². The zero-order chi connectivity index (χ0) is 8.74. The smallest absolute Gasteiger partial charge is 0.0909 e. The van der Waals surface area contributed by atoms with E-state index in [1.54, 1.807) is 0 Å². The summed E-state index contributed by atoms with van der Waals surface area (Å²) in [5.41, 5.74) is 0. The van der Waals surface area contributed by atoms with E-state index in [1.807, 2.05) is 0 Å². The molecule has 5 heteroatoms. The molecule has 0 radical (unpaired) electrons. The van der Waals surface area contributed by atoms with Crippen molar-refractivity contribution in [2.45, 2.75) is 0 Å². The Morgan fingerprint density at radius 3 is 1.27 bits per heavy atom. The highest BCUT2D eigenvalue weighted by Gasteiger charge is 2.11. The third-order valence-corrected chi connectivity index (χ3v) is 2.07. The molecular weight excluding hydrogens is 166 g/mol. The number of hydrogen-bond donors (Lipinski definition) is 3. The number of quaternary nitrogens is 1. The van der Waals surface area contributed by atoms with Gasteiger partial charge >= 0.3 is 0 Å². The van der Waals surface area contributed by atoms with Gasteiger partial charge in [0.2, 0.25) is 0 Å². The van der Waals surface area contributed by atoms with Gasteiger partial charge in [-0.2, -0.15) is 0 Å². The monoisotopic (exact) mass is 181 g/mol. The second-order valence-corrected chi connectivity index (χ2v) is 3.17. The van der Waals surface area contributed by atoms with Crippen molar-refractivity contribution < 1.29 is 19.2 Å². The van der Waals surface area contributed by atoms with Crippen LogP contribution < -0.4 is 0 Å². The first-order chi connectivity index (χ1) is 5.18. The highest BCUT2D eigenvalue weighted by molar-refractivity contribution is 7.52. The largest absolute Gasteiger partial charge is 0.494 e. The van der Waals surface area contributed by atoms with E-state index in [2.05, 4.69) is 0 Å². The molecule has 0 aliphatic heterocycles. The molecule has 0 aromatic carbocycles. The Kier molecular flexibility index (Phi) is 5.89. The first kappa shape index (κ1) is 11.2. The summed E-state index contributed by atoms with van der Waals surface area (Å²) in [5.74, 6) is 0. The summed E-state index contributed by atoms with van der Waals surface area (Å²) in [7, 11) is 0. The van der Waals surface area contributed by atoms with E-state index in [0.717, 1.165) is 0 Å². The van der Waals surface area contributed by atoms with Crippen molar-refractivity contribution in [1.29, 1.82) is 0 Å². The lowest BCUT2D eigenvalue weighted by Crippen LogP contribution is -2.48. The maximum atomic E-state index is 8.61. The molecule has 0 amide bonds. The van der Waals surface area contributed by atoms with Gasteiger partial charge in [0.25, 0.3) is 0 Å². The minimum atomic E-state index is -0.0104. The van der Waals surface area contributed by atoms with Crippen LogP contribution in [0.15, 0.2) is 0 Å². The lowest BCUT2D eigenvalue weighted by Gasteiger charge is -2.43. The maximum Gasteiger partial charge on any atom is 0.0909 e. The fourth-order valence-electron chi connectivity index (χ4n) is 0.882. The molecule has 68 valence electrons. The van der Waals surface area contributed by atoms with Gasteiger partial charge in [0.1, 0.15) is 0 Å². The van der Waals surface area contributed by atoms with E-state index in [1.165, 1.54) is 0 Å². The molecule has 3 N–H and O–H groups in total. The Morgan fingerprint density at radius 2 is 1.09 bits per heavy atom.